The van der Waals surface area contributed by atoms with Gasteiger partial charge >= 0.3 is 5.97 Å². The average Bonchev–Trinajstić information content (AvgIpc) is 2.66. The molecule has 0 aliphatic heterocycles. The molecule has 162 valence electrons. The Hall–Kier alpha value is -1.84. The van der Waals surface area contributed by atoms with Gasteiger partial charge < -0.3 is 10.1 Å². The van der Waals surface area contributed by atoms with E-state index < -0.39 is 34.5 Å². The van der Waals surface area contributed by atoms with Crippen LogP contribution in [0.5, 0.6) is 0 Å². The van der Waals surface area contributed by atoms with E-state index in [1.165, 1.54) is 26.2 Å². The van der Waals surface area contributed by atoms with E-state index in [4.69, 9.17) is 39.5 Å². The minimum atomic E-state index is -3.86. The molecule has 2 aromatic rings. The first-order chi connectivity index (χ1) is 13.9. The molecule has 11 heteroatoms. The molecule has 0 heterocycles. The fraction of sp³-hybridized carbons (Fsp3) is 0.263. The molecule has 1 amide bonds. The molecule has 2 rings (SSSR count). The van der Waals surface area contributed by atoms with Gasteiger partial charge in [0, 0.05) is 24.1 Å². The number of ether oxygens (including phenoxy) is 1. The predicted octanol–water partition coefficient (Wildman–Crippen LogP) is 3.93. The van der Waals surface area contributed by atoms with Crippen molar-refractivity contribution in [3.63, 3.8) is 0 Å². The lowest BCUT2D eigenvalue weighted by molar-refractivity contribution is -0.124. The van der Waals surface area contributed by atoms with Gasteiger partial charge in [-0.15, -0.1) is 0 Å². The number of amides is 1. The number of hydrogen-bond acceptors (Lipinski definition) is 5. The van der Waals surface area contributed by atoms with Crippen LogP contribution in [0.3, 0.4) is 0 Å². The smallest absolute Gasteiger partial charge is 0.338 e. The highest BCUT2D eigenvalue weighted by molar-refractivity contribution is 7.89. The maximum atomic E-state index is 12.3. The van der Waals surface area contributed by atoms with Crippen LogP contribution in [0.1, 0.15) is 28.9 Å². The molecule has 2 aromatic carbocycles. The van der Waals surface area contributed by atoms with Crippen molar-refractivity contribution >= 4 is 56.7 Å². The summed E-state index contributed by atoms with van der Waals surface area (Å²) in [5, 5.41) is 3.48. The first-order valence-corrected chi connectivity index (χ1v) is 11.1. The Morgan fingerprint density at radius 2 is 1.73 bits per heavy atom. The molecule has 0 fully saturated rings. The number of esters is 1. The molecule has 0 spiro atoms. The van der Waals surface area contributed by atoms with Crippen LogP contribution in [-0.2, 0) is 19.6 Å². The summed E-state index contributed by atoms with van der Waals surface area (Å²) >= 11 is 17.9. The number of halogens is 3. The van der Waals surface area contributed by atoms with Crippen molar-refractivity contribution in [2.75, 3.05) is 20.7 Å². The van der Waals surface area contributed by atoms with E-state index in [2.05, 4.69) is 5.32 Å². The van der Waals surface area contributed by atoms with Gasteiger partial charge in [0.15, 0.2) is 6.61 Å². The zero-order valence-electron chi connectivity index (χ0n) is 16.3. The number of sulfonamides is 1. The third-order valence-electron chi connectivity index (χ3n) is 4.07. The molecule has 0 aromatic heterocycles. The Bertz CT molecular complexity index is 1070. The van der Waals surface area contributed by atoms with Crippen LogP contribution < -0.4 is 5.32 Å². The van der Waals surface area contributed by atoms with E-state index in [0.717, 1.165) is 10.4 Å². The molecule has 0 aliphatic rings. The van der Waals surface area contributed by atoms with Gasteiger partial charge in [-0.3, -0.25) is 4.79 Å². The lowest BCUT2D eigenvalue weighted by Gasteiger charge is -2.16. The molecule has 0 radical (unpaired) electrons. The average molecular weight is 494 g/mol. The summed E-state index contributed by atoms with van der Waals surface area (Å²) in [6.07, 6.45) is 0. The Morgan fingerprint density at radius 1 is 1.07 bits per heavy atom. The molecule has 0 saturated heterocycles. The fourth-order valence-electron chi connectivity index (χ4n) is 2.45. The van der Waals surface area contributed by atoms with Crippen molar-refractivity contribution in [3.05, 3.63) is 62.6 Å². The highest BCUT2D eigenvalue weighted by Gasteiger charge is 2.23. The van der Waals surface area contributed by atoms with E-state index in [0.29, 0.717) is 15.6 Å². The second-order valence-electron chi connectivity index (χ2n) is 6.46. The predicted molar refractivity (Wildman–Crippen MR) is 116 cm³/mol. The third kappa shape index (κ3) is 5.86. The van der Waals surface area contributed by atoms with Crippen molar-refractivity contribution in [1.29, 1.82) is 0 Å². The van der Waals surface area contributed by atoms with Crippen LogP contribution in [0.2, 0.25) is 15.1 Å². The van der Waals surface area contributed by atoms with Crippen molar-refractivity contribution in [2.24, 2.45) is 0 Å². The first-order valence-electron chi connectivity index (χ1n) is 8.57. The van der Waals surface area contributed by atoms with Crippen molar-refractivity contribution in [3.8, 4) is 0 Å². The van der Waals surface area contributed by atoms with Gasteiger partial charge in [0.1, 0.15) is 4.90 Å². The second kappa shape index (κ2) is 9.98. The Kier molecular flexibility index (Phi) is 8.13. The molecule has 30 heavy (non-hydrogen) atoms. The number of nitrogens with zero attached hydrogens (tertiary/aromatic N) is 1. The van der Waals surface area contributed by atoms with Gasteiger partial charge in [-0.2, -0.15) is 0 Å². The summed E-state index contributed by atoms with van der Waals surface area (Å²) < 4.78 is 30.6. The fourth-order valence-corrected chi connectivity index (χ4v) is 4.42. The van der Waals surface area contributed by atoms with E-state index >= 15 is 0 Å². The monoisotopic (exact) mass is 492 g/mol. The number of benzene rings is 2. The van der Waals surface area contributed by atoms with Gasteiger partial charge in [0.2, 0.25) is 10.0 Å². The number of carbonyl (C=O) groups is 2. The molecule has 0 saturated carbocycles. The highest BCUT2D eigenvalue weighted by atomic mass is 35.5. The van der Waals surface area contributed by atoms with E-state index in [9.17, 15) is 18.0 Å². The quantitative estimate of drug-likeness (QED) is 0.590. The van der Waals surface area contributed by atoms with E-state index in [1.54, 1.807) is 25.1 Å². The summed E-state index contributed by atoms with van der Waals surface area (Å²) in [4.78, 5) is 24.2. The normalized spacial score (nSPS) is 12.5. The standard InChI is InChI=1S/C19H19Cl3N2O5S/c1-11(14-6-5-13(20)9-16(14)22)23-18(25)10-29-19(26)12-4-7-15(21)17(8-12)30(27,28)24(2)3/h4-9,11H,10H2,1-3H3,(H,23,25). The zero-order valence-corrected chi connectivity index (χ0v) is 19.4. The first kappa shape index (κ1) is 24.4. The summed E-state index contributed by atoms with van der Waals surface area (Å²) in [5.74, 6) is -1.42. The topological polar surface area (TPSA) is 92.8 Å². The largest absolute Gasteiger partial charge is 0.452 e. The Morgan fingerprint density at radius 3 is 2.33 bits per heavy atom. The zero-order chi connectivity index (χ0) is 22.6. The van der Waals surface area contributed by atoms with Gasteiger partial charge in [-0.05, 0) is 42.8 Å². The Labute approximate surface area is 189 Å². The van der Waals surface area contributed by atoms with Crippen LogP contribution in [0, 0.1) is 0 Å². The van der Waals surface area contributed by atoms with Crippen molar-refractivity contribution < 1.29 is 22.7 Å². The minimum absolute atomic E-state index is 0.0355. The van der Waals surface area contributed by atoms with Crippen LogP contribution in [0.4, 0.5) is 0 Å². The molecule has 7 nitrogen and oxygen atoms in total. The van der Waals surface area contributed by atoms with Crippen LogP contribution in [-0.4, -0.2) is 45.3 Å². The van der Waals surface area contributed by atoms with Gasteiger partial charge in [-0.25, -0.2) is 17.5 Å². The maximum absolute atomic E-state index is 12.3. The SMILES string of the molecule is CC(NC(=O)COC(=O)c1ccc(Cl)c(S(=O)(=O)N(C)C)c1)c1ccc(Cl)cc1Cl. The number of rotatable bonds is 7. The summed E-state index contributed by atoms with van der Waals surface area (Å²) in [6, 6.07) is 8.13. The lowest BCUT2D eigenvalue weighted by Crippen LogP contribution is -2.31. The second-order valence-corrected chi connectivity index (χ2v) is 9.83. The third-order valence-corrected chi connectivity index (χ3v) is 6.93. The molecule has 1 unspecified atom stereocenters. The summed E-state index contributed by atoms with van der Waals surface area (Å²) in [7, 11) is -1.17. The molecule has 1 atom stereocenters. The van der Waals surface area contributed by atoms with Gasteiger partial charge in [0.05, 0.1) is 16.6 Å². The molecule has 0 aliphatic carbocycles. The van der Waals surface area contributed by atoms with Gasteiger partial charge in [0.25, 0.3) is 5.91 Å². The lowest BCUT2D eigenvalue weighted by atomic mass is 10.1. The number of nitrogens with one attached hydrogen (secondary N) is 1. The highest BCUT2D eigenvalue weighted by Crippen LogP contribution is 2.26. The van der Waals surface area contributed by atoms with Crippen LogP contribution in [0.15, 0.2) is 41.3 Å². The van der Waals surface area contributed by atoms with Crippen molar-refractivity contribution in [2.45, 2.75) is 17.9 Å². The Balaban J connectivity index is 2.04. The minimum Gasteiger partial charge on any atom is -0.452 e. The summed E-state index contributed by atoms with van der Waals surface area (Å²) in [5.41, 5.74) is 0.596. The summed E-state index contributed by atoms with van der Waals surface area (Å²) in [6.45, 7) is 1.15. The molecular formula is C19H19Cl3N2O5S. The van der Waals surface area contributed by atoms with E-state index in [1.807, 2.05) is 0 Å². The van der Waals surface area contributed by atoms with Crippen LogP contribution >= 0.6 is 34.8 Å². The molecule has 0 bridgehead atoms. The van der Waals surface area contributed by atoms with Gasteiger partial charge in [-0.1, -0.05) is 40.9 Å². The number of carbonyl (C=O) groups excluding carboxylic acids is 2. The molecule has 1 N–H and O–H groups in total. The number of hydrogen-bond donors (Lipinski definition) is 1. The molecular weight excluding hydrogens is 475 g/mol. The maximum Gasteiger partial charge on any atom is 0.338 e. The van der Waals surface area contributed by atoms with Crippen molar-refractivity contribution in [1.82, 2.24) is 9.62 Å². The van der Waals surface area contributed by atoms with E-state index in [-0.39, 0.29) is 15.5 Å². The van der Waals surface area contributed by atoms with Crippen LogP contribution in [0.25, 0.3) is 0 Å².